The van der Waals surface area contributed by atoms with E-state index in [9.17, 15) is 0 Å². The third kappa shape index (κ3) is 3.97. The van der Waals surface area contributed by atoms with Gasteiger partial charge < -0.3 is 0 Å². The van der Waals surface area contributed by atoms with E-state index < -0.39 is 0 Å². The zero-order valence-electron chi connectivity index (χ0n) is 21.6. The van der Waals surface area contributed by atoms with Crippen molar-refractivity contribution in [1.82, 2.24) is 39.3 Å². The molecule has 8 heteroatoms. The Morgan fingerprint density at radius 1 is 0.512 bits per heavy atom. The van der Waals surface area contributed by atoms with Gasteiger partial charge in [0, 0.05) is 58.6 Å². The van der Waals surface area contributed by atoms with Crippen LogP contribution in [0.15, 0.2) is 122 Å². The van der Waals surface area contributed by atoms with Crippen molar-refractivity contribution < 1.29 is 0 Å². The minimum atomic E-state index is 0.549. The van der Waals surface area contributed by atoms with Crippen molar-refractivity contribution >= 4 is 27.6 Å². The van der Waals surface area contributed by atoms with Gasteiger partial charge in [-0.05, 0) is 48.5 Å². The second-order valence-corrected chi connectivity index (χ2v) is 9.58. The van der Waals surface area contributed by atoms with Crippen molar-refractivity contribution in [1.29, 1.82) is 0 Å². The van der Waals surface area contributed by atoms with Crippen LogP contribution >= 0.6 is 0 Å². The maximum atomic E-state index is 5.13. The Kier molecular flexibility index (Phi) is 5.28. The lowest BCUT2D eigenvalue weighted by Gasteiger charge is -2.10. The van der Waals surface area contributed by atoms with Crippen LogP contribution in [0.1, 0.15) is 0 Å². The first-order valence-corrected chi connectivity index (χ1v) is 13.1. The molecule has 2 aromatic carbocycles. The molecule has 0 radical (unpaired) electrons. The molecule has 8 nitrogen and oxygen atoms in total. The summed E-state index contributed by atoms with van der Waals surface area (Å²) >= 11 is 0. The van der Waals surface area contributed by atoms with Gasteiger partial charge in [-0.3, -0.25) is 14.4 Å². The first kappa shape index (κ1) is 23.0. The van der Waals surface area contributed by atoms with Crippen molar-refractivity contribution in [3.63, 3.8) is 0 Å². The van der Waals surface area contributed by atoms with Crippen molar-refractivity contribution in [2.45, 2.75) is 0 Å². The molecular formula is C33H20N8. The van der Waals surface area contributed by atoms with Gasteiger partial charge in [-0.25, -0.2) is 24.9 Å². The number of benzene rings is 2. The number of nitrogens with zero attached hydrogens (tertiary/aromatic N) is 8. The minimum absolute atomic E-state index is 0.549. The van der Waals surface area contributed by atoms with Crippen LogP contribution in [0.5, 0.6) is 0 Å². The Morgan fingerprint density at radius 2 is 1.27 bits per heavy atom. The summed E-state index contributed by atoms with van der Waals surface area (Å²) in [5, 5.41) is 1.02. The normalized spacial score (nSPS) is 11.4. The topological polar surface area (TPSA) is 94.6 Å². The van der Waals surface area contributed by atoms with Crippen molar-refractivity contribution in [3.8, 4) is 45.4 Å². The van der Waals surface area contributed by atoms with Crippen molar-refractivity contribution in [3.05, 3.63) is 122 Å². The maximum Gasteiger partial charge on any atom is 0.165 e. The lowest BCUT2D eigenvalue weighted by Crippen LogP contribution is -2.00. The number of hydrogen-bond acceptors (Lipinski definition) is 7. The summed E-state index contributed by atoms with van der Waals surface area (Å²) in [4.78, 5) is 33.0. The van der Waals surface area contributed by atoms with Gasteiger partial charge in [0.25, 0.3) is 0 Å². The molecule has 8 rings (SSSR count). The third-order valence-electron chi connectivity index (χ3n) is 7.03. The average molecular weight is 529 g/mol. The van der Waals surface area contributed by atoms with Crippen LogP contribution in [-0.4, -0.2) is 39.3 Å². The van der Waals surface area contributed by atoms with Gasteiger partial charge in [0.05, 0.1) is 16.7 Å². The third-order valence-corrected chi connectivity index (χ3v) is 7.03. The molecule has 0 aliphatic carbocycles. The first-order valence-electron chi connectivity index (χ1n) is 13.1. The van der Waals surface area contributed by atoms with Crippen LogP contribution in [0.3, 0.4) is 0 Å². The number of rotatable bonds is 4. The zero-order valence-corrected chi connectivity index (χ0v) is 21.6. The predicted octanol–water partition coefficient (Wildman–Crippen LogP) is 6.68. The molecule has 0 amide bonds. The lowest BCUT2D eigenvalue weighted by atomic mass is 10.0. The SMILES string of the molecule is c1cncc(-c2nc(-c3ccncc3)nc(-c3cccc(-c4nc5ccccc5c5nc6ccccn6c45)c3)n2)c1. The Hall–Kier alpha value is -5.89. The Morgan fingerprint density at radius 3 is 2.12 bits per heavy atom. The number of aromatic nitrogens is 8. The summed E-state index contributed by atoms with van der Waals surface area (Å²) in [6.45, 7) is 0. The highest BCUT2D eigenvalue weighted by atomic mass is 15.0. The van der Waals surface area contributed by atoms with Gasteiger partial charge in [0.1, 0.15) is 11.2 Å². The summed E-state index contributed by atoms with van der Waals surface area (Å²) in [5.41, 5.74) is 7.94. The molecule has 0 saturated heterocycles. The van der Waals surface area contributed by atoms with Crippen LogP contribution in [0.25, 0.3) is 73.0 Å². The monoisotopic (exact) mass is 528 g/mol. The molecule has 8 aromatic rings. The second-order valence-electron chi connectivity index (χ2n) is 9.58. The molecule has 0 unspecified atom stereocenters. The summed E-state index contributed by atoms with van der Waals surface area (Å²) in [5.74, 6) is 1.67. The second kappa shape index (κ2) is 9.39. The van der Waals surface area contributed by atoms with E-state index in [1.807, 2.05) is 79.0 Å². The van der Waals surface area contributed by atoms with Crippen molar-refractivity contribution in [2.75, 3.05) is 0 Å². The van der Waals surface area contributed by atoms with E-state index in [4.69, 9.17) is 24.9 Å². The van der Waals surface area contributed by atoms with E-state index in [0.717, 1.165) is 55.5 Å². The quantitative estimate of drug-likeness (QED) is 0.251. The molecule has 0 aliphatic rings. The summed E-state index contributed by atoms with van der Waals surface area (Å²) in [7, 11) is 0. The fourth-order valence-corrected chi connectivity index (χ4v) is 5.12. The van der Waals surface area contributed by atoms with Gasteiger partial charge in [0.2, 0.25) is 0 Å². The van der Waals surface area contributed by atoms with Crippen LogP contribution < -0.4 is 0 Å². The van der Waals surface area contributed by atoms with Gasteiger partial charge in [-0.2, -0.15) is 0 Å². The first-order chi connectivity index (χ1) is 20.3. The molecule has 192 valence electrons. The largest absolute Gasteiger partial charge is 0.298 e. The fourth-order valence-electron chi connectivity index (χ4n) is 5.12. The molecule has 0 fully saturated rings. The predicted molar refractivity (Wildman–Crippen MR) is 159 cm³/mol. The highest BCUT2D eigenvalue weighted by Crippen LogP contribution is 2.34. The van der Waals surface area contributed by atoms with Crippen LogP contribution in [0.4, 0.5) is 0 Å². The number of hydrogen-bond donors (Lipinski definition) is 0. The Balaban J connectivity index is 1.36. The minimum Gasteiger partial charge on any atom is -0.298 e. The van der Waals surface area contributed by atoms with E-state index >= 15 is 0 Å². The lowest BCUT2D eigenvalue weighted by molar-refractivity contribution is 1.07. The number of fused-ring (bicyclic) bond motifs is 5. The van der Waals surface area contributed by atoms with Gasteiger partial charge >= 0.3 is 0 Å². The molecule has 0 bridgehead atoms. The molecule has 6 heterocycles. The summed E-state index contributed by atoms with van der Waals surface area (Å²) in [6, 6.07) is 29.9. The number of para-hydroxylation sites is 1. The maximum absolute atomic E-state index is 5.13. The molecule has 0 N–H and O–H groups in total. The van der Waals surface area contributed by atoms with Gasteiger partial charge in [-0.1, -0.05) is 42.5 Å². The average Bonchev–Trinajstić information content (AvgIpc) is 3.45. The van der Waals surface area contributed by atoms with Gasteiger partial charge in [0.15, 0.2) is 17.5 Å². The number of imidazole rings is 1. The smallest absolute Gasteiger partial charge is 0.165 e. The van der Waals surface area contributed by atoms with Crippen LogP contribution in [0, 0.1) is 0 Å². The van der Waals surface area contributed by atoms with E-state index in [0.29, 0.717) is 17.5 Å². The molecule has 6 aromatic heterocycles. The van der Waals surface area contributed by atoms with E-state index in [1.165, 1.54) is 0 Å². The van der Waals surface area contributed by atoms with Crippen molar-refractivity contribution in [2.24, 2.45) is 0 Å². The molecule has 0 atom stereocenters. The van der Waals surface area contributed by atoms with Crippen LogP contribution in [0.2, 0.25) is 0 Å². The molecule has 0 saturated carbocycles. The molecule has 0 aliphatic heterocycles. The summed E-state index contributed by atoms with van der Waals surface area (Å²) < 4.78 is 2.10. The molecular weight excluding hydrogens is 508 g/mol. The summed E-state index contributed by atoms with van der Waals surface area (Å²) in [6.07, 6.45) is 8.98. The molecule has 41 heavy (non-hydrogen) atoms. The standard InChI is InChI=1S/C33H20N8/c1-2-11-26-25(10-1)29-30(41-18-4-3-12-27(41)37-29)28(36-26)22-7-5-8-23(19-22)32-38-31(21-13-16-34-17-14-21)39-33(40-32)24-9-6-15-35-20-24/h1-20H. The Bertz CT molecular complexity index is 2150. The van der Waals surface area contributed by atoms with E-state index in [1.54, 1.807) is 24.8 Å². The highest BCUT2D eigenvalue weighted by Gasteiger charge is 2.18. The Labute approximate surface area is 234 Å². The highest BCUT2D eigenvalue weighted by molar-refractivity contribution is 6.09. The zero-order chi connectivity index (χ0) is 27.2. The fraction of sp³-hybridized carbons (Fsp3) is 0. The van der Waals surface area contributed by atoms with E-state index in [-0.39, 0.29) is 0 Å². The van der Waals surface area contributed by atoms with Gasteiger partial charge in [-0.15, -0.1) is 0 Å². The number of pyridine rings is 4. The molecule has 0 spiro atoms. The van der Waals surface area contributed by atoms with E-state index in [2.05, 4.69) is 32.6 Å². The van der Waals surface area contributed by atoms with Crippen LogP contribution in [-0.2, 0) is 0 Å².